The summed E-state index contributed by atoms with van der Waals surface area (Å²) >= 11 is 11.8. The first-order valence-corrected chi connectivity index (χ1v) is 10.5. The molecule has 5 rings (SSSR count). The number of benzene rings is 2. The highest BCUT2D eigenvalue weighted by atomic mass is 35.5. The molecular formula is C21H15Cl2F3N4O3. The molecule has 3 aromatic rings. The number of ether oxygens (including phenoxy) is 2. The Morgan fingerprint density at radius 2 is 1.88 bits per heavy atom. The molecule has 0 aliphatic carbocycles. The van der Waals surface area contributed by atoms with Crippen molar-refractivity contribution < 1.29 is 27.4 Å². The summed E-state index contributed by atoms with van der Waals surface area (Å²) in [7, 11) is 0. The molecule has 2 aliphatic rings. The van der Waals surface area contributed by atoms with Crippen molar-refractivity contribution in [3.8, 4) is 11.5 Å². The molecule has 0 saturated carbocycles. The highest BCUT2D eigenvalue weighted by Gasteiger charge is 2.47. The third-order valence-electron chi connectivity index (χ3n) is 5.40. The van der Waals surface area contributed by atoms with E-state index in [4.69, 9.17) is 32.7 Å². The predicted octanol–water partition coefficient (Wildman–Crippen LogP) is 5.83. The Kier molecular flexibility index (Phi) is 5.29. The maximum atomic E-state index is 13.9. The van der Waals surface area contributed by atoms with Crippen LogP contribution in [0.15, 0.2) is 42.5 Å². The molecule has 0 radical (unpaired) electrons. The SMILES string of the molecule is O=C(Nc1ccc(Cl)c(Cl)c1)c1cc2n(n1)[C@@H](C(F)(F)F)C[C@H](c1ccc3c(c1)OCO3)N2. The third kappa shape index (κ3) is 4.16. The standard InChI is InChI=1S/C21H15Cl2F3N4O3/c22-12-3-2-11(6-13(12)23)27-20(31)15-8-19-28-14(7-18(21(24,25)26)30(19)29-15)10-1-4-16-17(5-10)33-9-32-16/h1-6,8,14,18,28H,7,9H2,(H,27,31)/t14-,18-/m1/s1. The predicted molar refractivity (Wildman–Crippen MR) is 115 cm³/mol. The van der Waals surface area contributed by atoms with Crippen LogP contribution in [0, 0.1) is 0 Å². The van der Waals surface area contributed by atoms with E-state index in [1.165, 1.54) is 24.3 Å². The Balaban J connectivity index is 1.44. The fraction of sp³-hybridized carbons (Fsp3) is 0.238. The van der Waals surface area contributed by atoms with E-state index in [2.05, 4.69) is 15.7 Å². The molecule has 33 heavy (non-hydrogen) atoms. The summed E-state index contributed by atoms with van der Waals surface area (Å²) in [6.45, 7) is 0.0616. The average Bonchev–Trinajstić information content (AvgIpc) is 3.41. The molecular weight excluding hydrogens is 484 g/mol. The van der Waals surface area contributed by atoms with Gasteiger partial charge in [-0.25, -0.2) is 4.68 Å². The topological polar surface area (TPSA) is 77.4 Å². The lowest BCUT2D eigenvalue weighted by Gasteiger charge is -2.33. The molecule has 7 nitrogen and oxygen atoms in total. The Bertz CT molecular complexity index is 1250. The van der Waals surface area contributed by atoms with Crippen molar-refractivity contribution in [2.75, 3.05) is 17.4 Å². The van der Waals surface area contributed by atoms with Gasteiger partial charge in [-0.2, -0.15) is 18.3 Å². The summed E-state index contributed by atoms with van der Waals surface area (Å²) < 4.78 is 53.1. The molecule has 0 fully saturated rings. The smallest absolute Gasteiger partial charge is 0.410 e. The minimum Gasteiger partial charge on any atom is -0.454 e. The quantitative estimate of drug-likeness (QED) is 0.474. The first-order valence-electron chi connectivity index (χ1n) is 9.78. The largest absolute Gasteiger partial charge is 0.454 e. The molecule has 1 aromatic heterocycles. The van der Waals surface area contributed by atoms with Gasteiger partial charge in [-0.3, -0.25) is 4.79 Å². The van der Waals surface area contributed by atoms with Gasteiger partial charge in [-0.15, -0.1) is 0 Å². The van der Waals surface area contributed by atoms with E-state index in [-0.39, 0.29) is 29.7 Å². The summed E-state index contributed by atoms with van der Waals surface area (Å²) in [6, 6.07) is 8.12. The van der Waals surface area contributed by atoms with Crippen LogP contribution in [-0.2, 0) is 0 Å². The summed E-state index contributed by atoms with van der Waals surface area (Å²) in [6.07, 6.45) is -4.89. The second-order valence-corrected chi connectivity index (χ2v) is 8.36. The summed E-state index contributed by atoms with van der Waals surface area (Å²) in [5, 5.41) is 10.1. The number of hydrogen-bond acceptors (Lipinski definition) is 5. The lowest BCUT2D eigenvalue weighted by Crippen LogP contribution is -2.35. The van der Waals surface area contributed by atoms with Crippen molar-refractivity contribution in [3.63, 3.8) is 0 Å². The van der Waals surface area contributed by atoms with Crippen molar-refractivity contribution in [2.45, 2.75) is 24.7 Å². The Morgan fingerprint density at radius 1 is 1.09 bits per heavy atom. The van der Waals surface area contributed by atoms with E-state index < -0.39 is 24.2 Å². The summed E-state index contributed by atoms with van der Waals surface area (Å²) in [5.74, 6) is 0.398. The number of aromatic nitrogens is 2. The van der Waals surface area contributed by atoms with Crippen LogP contribution in [-0.4, -0.2) is 28.7 Å². The second kappa shape index (κ2) is 8.03. The number of carbonyl (C=O) groups excluding carboxylic acids is 1. The number of fused-ring (bicyclic) bond motifs is 2. The van der Waals surface area contributed by atoms with E-state index in [0.717, 1.165) is 4.68 Å². The van der Waals surface area contributed by atoms with Crippen LogP contribution in [0.2, 0.25) is 10.0 Å². The Morgan fingerprint density at radius 3 is 2.64 bits per heavy atom. The number of amides is 1. The van der Waals surface area contributed by atoms with E-state index in [0.29, 0.717) is 27.8 Å². The molecule has 2 N–H and O–H groups in total. The number of nitrogens with zero attached hydrogens (tertiary/aromatic N) is 2. The lowest BCUT2D eigenvalue weighted by atomic mass is 9.96. The Labute approximate surface area is 195 Å². The number of halogens is 5. The minimum atomic E-state index is -4.57. The van der Waals surface area contributed by atoms with E-state index >= 15 is 0 Å². The molecule has 0 unspecified atom stereocenters. The average molecular weight is 499 g/mol. The zero-order chi connectivity index (χ0) is 23.3. The van der Waals surface area contributed by atoms with Crippen LogP contribution >= 0.6 is 23.2 Å². The van der Waals surface area contributed by atoms with Gasteiger partial charge in [0.1, 0.15) is 5.82 Å². The Hall–Kier alpha value is -3.11. The number of alkyl halides is 3. The van der Waals surface area contributed by atoms with Crippen molar-refractivity contribution in [2.24, 2.45) is 0 Å². The third-order valence-corrected chi connectivity index (χ3v) is 6.14. The van der Waals surface area contributed by atoms with E-state index in [1.54, 1.807) is 18.2 Å². The maximum absolute atomic E-state index is 13.9. The number of hydrogen-bond donors (Lipinski definition) is 2. The maximum Gasteiger partial charge on any atom is 0.410 e. The number of anilines is 2. The van der Waals surface area contributed by atoms with Gasteiger partial charge < -0.3 is 20.1 Å². The van der Waals surface area contributed by atoms with Gasteiger partial charge in [0.15, 0.2) is 23.2 Å². The zero-order valence-electron chi connectivity index (χ0n) is 16.6. The fourth-order valence-corrected chi connectivity index (χ4v) is 4.10. The summed E-state index contributed by atoms with van der Waals surface area (Å²) in [4.78, 5) is 12.7. The minimum absolute atomic E-state index is 0.0616. The lowest BCUT2D eigenvalue weighted by molar-refractivity contribution is -0.173. The van der Waals surface area contributed by atoms with Gasteiger partial charge >= 0.3 is 6.18 Å². The van der Waals surface area contributed by atoms with Crippen molar-refractivity contribution in [1.82, 2.24) is 9.78 Å². The monoisotopic (exact) mass is 498 g/mol. The molecule has 2 aromatic carbocycles. The molecule has 1 amide bonds. The first-order chi connectivity index (χ1) is 15.7. The molecule has 2 atom stereocenters. The van der Waals surface area contributed by atoms with Crippen molar-refractivity contribution >= 4 is 40.6 Å². The molecule has 0 spiro atoms. The molecule has 2 aliphatic heterocycles. The van der Waals surface area contributed by atoms with Gasteiger partial charge in [-0.05, 0) is 35.9 Å². The van der Waals surface area contributed by atoms with Gasteiger partial charge in [0.25, 0.3) is 5.91 Å². The van der Waals surface area contributed by atoms with Crippen LogP contribution < -0.4 is 20.1 Å². The number of rotatable bonds is 3. The molecule has 3 heterocycles. The van der Waals surface area contributed by atoms with Gasteiger partial charge in [0, 0.05) is 18.2 Å². The first kappa shape index (κ1) is 21.7. The molecule has 172 valence electrons. The van der Waals surface area contributed by atoms with Gasteiger partial charge in [-0.1, -0.05) is 29.3 Å². The zero-order valence-corrected chi connectivity index (χ0v) is 18.1. The van der Waals surface area contributed by atoms with Crippen molar-refractivity contribution in [1.29, 1.82) is 0 Å². The van der Waals surface area contributed by atoms with Crippen LogP contribution in [0.25, 0.3) is 0 Å². The van der Waals surface area contributed by atoms with Crippen molar-refractivity contribution in [3.05, 3.63) is 63.8 Å². The fourth-order valence-electron chi connectivity index (χ4n) is 3.80. The van der Waals surface area contributed by atoms with Gasteiger partial charge in [0.2, 0.25) is 6.79 Å². The highest BCUT2D eigenvalue weighted by molar-refractivity contribution is 6.42. The molecule has 0 bridgehead atoms. The molecule has 0 saturated heterocycles. The summed E-state index contributed by atoms with van der Waals surface area (Å²) in [5.41, 5.74) is 0.755. The normalized spacial score (nSPS) is 19.1. The van der Waals surface area contributed by atoms with Gasteiger partial charge in [0.05, 0.1) is 16.1 Å². The highest BCUT2D eigenvalue weighted by Crippen LogP contribution is 2.45. The van der Waals surface area contributed by atoms with E-state index in [1.807, 2.05) is 0 Å². The van der Waals surface area contributed by atoms with Crippen LogP contribution in [0.1, 0.15) is 34.6 Å². The number of nitrogens with one attached hydrogen (secondary N) is 2. The molecule has 12 heteroatoms. The second-order valence-electron chi connectivity index (χ2n) is 7.55. The number of carbonyl (C=O) groups is 1. The van der Waals surface area contributed by atoms with Crippen LogP contribution in [0.4, 0.5) is 24.7 Å². The van der Waals surface area contributed by atoms with E-state index in [9.17, 15) is 18.0 Å². The van der Waals surface area contributed by atoms with Crippen LogP contribution in [0.5, 0.6) is 11.5 Å². The van der Waals surface area contributed by atoms with Crippen LogP contribution in [0.3, 0.4) is 0 Å².